The molecule has 0 unspecified atom stereocenters. The van der Waals surface area contributed by atoms with Gasteiger partial charge in [-0.05, 0) is 114 Å². The molecule has 270 valence electrons. The molecule has 0 N–H and O–H groups in total. The van der Waals surface area contributed by atoms with Gasteiger partial charge in [0.25, 0.3) is 0 Å². The van der Waals surface area contributed by atoms with E-state index in [0.29, 0.717) is 0 Å². The first-order chi connectivity index (χ1) is 39.6. The highest BCUT2D eigenvalue weighted by Gasteiger charge is 2.17. The number of thiophene rings is 1. The van der Waals surface area contributed by atoms with Crippen LogP contribution in [0.1, 0.15) is 35.6 Å². The SMILES string of the molecule is [2H]c1cc([2H])c(-c2c([2H])c([2H])c([2H])c3c2sc2c([2H])c([2H])c([2H])c([2H])c23)c([2H])c1-c1c([2H])c([2H])c([2H])c(-c2ncnc3c2oc2ccc(-c4cc([2H])c5c([2H])c(-c6c([2H])c([2H])c7c([2H])c([2H])c([2H])c([2H])c7c6[2H])c([2H])c([2H])c5c4[2H])cc23)c1[2H]. The number of aromatic nitrogens is 2. The highest BCUT2D eigenvalue weighted by molar-refractivity contribution is 7.26. The monoisotopic (exact) mass is 782 g/mol. The quantitative estimate of drug-likeness (QED) is 0.175. The molecule has 0 radical (unpaired) electrons. The smallest absolute Gasteiger partial charge is 0.180 e. The Kier molecular flexibility index (Phi) is 3.66. The molecule has 0 aliphatic rings. The fourth-order valence-electron chi connectivity index (χ4n) is 6.77. The Morgan fingerprint density at radius 1 is 0.466 bits per heavy atom. The molecule has 0 spiro atoms. The molecule has 0 aliphatic carbocycles. The summed E-state index contributed by atoms with van der Waals surface area (Å²) in [6, 6.07) is -10.1. The number of hydrogen-bond donors (Lipinski definition) is 0. The molecule has 0 saturated carbocycles. The van der Waals surface area contributed by atoms with Gasteiger partial charge in [0.15, 0.2) is 5.58 Å². The second-order valence-electron chi connectivity index (χ2n) is 12.9. The van der Waals surface area contributed by atoms with Gasteiger partial charge in [0.05, 0.1) is 35.6 Å². The highest BCUT2D eigenvalue weighted by atomic mass is 32.1. The van der Waals surface area contributed by atoms with E-state index in [0.717, 1.165) is 23.7 Å². The molecule has 9 aromatic carbocycles. The van der Waals surface area contributed by atoms with Crippen molar-refractivity contribution in [3.63, 3.8) is 0 Å². The lowest BCUT2D eigenvalue weighted by Crippen LogP contribution is -1.88. The van der Waals surface area contributed by atoms with Crippen molar-refractivity contribution in [2.24, 2.45) is 0 Å². The number of benzene rings is 9. The minimum atomic E-state index is -0.785. The van der Waals surface area contributed by atoms with Gasteiger partial charge >= 0.3 is 0 Å². The molecule has 0 atom stereocenters. The first-order valence-electron chi connectivity index (χ1n) is 30.4. The van der Waals surface area contributed by atoms with E-state index >= 15 is 0 Å². The van der Waals surface area contributed by atoms with E-state index in [2.05, 4.69) is 9.97 Å². The molecule has 4 heteroatoms. The number of hydrogen-bond acceptors (Lipinski definition) is 4. The van der Waals surface area contributed by atoms with Crippen molar-refractivity contribution in [3.05, 3.63) is 194 Å². The minimum absolute atomic E-state index is 0.0210. The summed E-state index contributed by atoms with van der Waals surface area (Å²) in [7, 11) is 0. The summed E-state index contributed by atoms with van der Waals surface area (Å²) in [4.78, 5) is 8.79. The van der Waals surface area contributed by atoms with Crippen molar-refractivity contribution < 1.29 is 40.1 Å². The summed E-state index contributed by atoms with van der Waals surface area (Å²) in [5.74, 6) is 0. The lowest BCUT2D eigenvalue weighted by molar-refractivity contribution is 0.667. The Hall–Kier alpha value is -7.40. The van der Waals surface area contributed by atoms with E-state index in [4.69, 9.17) is 31.8 Å². The fourth-order valence-corrected chi connectivity index (χ4v) is 7.84. The van der Waals surface area contributed by atoms with Crippen LogP contribution in [-0.2, 0) is 0 Å². The average Bonchev–Trinajstić information content (AvgIpc) is 1.96. The van der Waals surface area contributed by atoms with Crippen LogP contribution in [0.2, 0.25) is 0 Å². The Labute approximate surface area is 374 Å². The maximum atomic E-state index is 9.65. The first-order valence-corrected chi connectivity index (χ1v) is 18.2. The predicted octanol–water partition coefficient (Wildman–Crippen LogP) is 15.4. The zero-order chi connectivity index (χ0) is 60.8. The van der Waals surface area contributed by atoms with Gasteiger partial charge in [0.1, 0.15) is 23.1 Å². The zero-order valence-corrected chi connectivity index (χ0v) is 30.0. The standard InChI is InChI=1S/C54H32N2OS/c1-2-9-34-26-37(19-18-33(34)8-1)38-20-21-40-28-41(23-22-39(40)27-38)42-24-25-49-48(31-42)52-53(57-49)51(55-32-56-52)44-13-6-11-36(30-44)35-10-5-12-43(29-35)45-15-7-16-47-46-14-3-4-17-50(46)58-54(45)47/h1-32H/i1D,2D,3D,4D,6D,7D,8D,9D,10D,11D,12D,13D,14D,15D,16D,17D,18D,19D,20D,21D,22D,26D,27D,28D,29D,30D. The van der Waals surface area contributed by atoms with Gasteiger partial charge in [-0.15, -0.1) is 11.3 Å². The van der Waals surface area contributed by atoms with Crippen LogP contribution in [0.25, 0.3) is 120 Å². The van der Waals surface area contributed by atoms with Crippen molar-refractivity contribution in [2.75, 3.05) is 0 Å². The molecular formula is C54H32N2OS. The van der Waals surface area contributed by atoms with Gasteiger partial charge in [-0.25, -0.2) is 9.97 Å². The third-order valence-corrected chi connectivity index (χ3v) is 10.6. The van der Waals surface area contributed by atoms with Crippen molar-refractivity contribution >= 4 is 75.1 Å². The van der Waals surface area contributed by atoms with Gasteiger partial charge in [-0.3, -0.25) is 0 Å². The number of rotatable bonds is 5. The minimum Gasteiger partial charge on any atom is -0.452 e. The second-order valence-corrected chi connectivity index (χ2v) is 13.9. The third-order valence-electron chi connectivity index (χ3n) is 9.48. The summed E-state index contributed by atoms with van der Waals surface area (Å²) in [5, 5.41) is -1.53. The molecule has 12 aromatic rings. The molecule has 0 amide bonds. The average molecular weight is 783 g/mol. The summed E-state index contributed by atoms with van der Waals surface area (Å²) in [6.07, 6.45) is 1.07. The number of fused-ring (bicyclic) bond motifs is 8. The van der Waals surface area contributed by atoms with Crippen molar-refractivity contribution in [2.45, 2.75) is 0 Å². The number of nitrogens with zero attached hydrogens (tertiary/aromatic N) is 2. The molecule has 0 aliphatic heterocycles. The fraction of sp³-hybridized carbons (Fsp3) is 0. The zero-order valence-electron chi connectivity index (χ0n) is 55.2. The molecule has 0 bridgehead atoms. The lowest BCUT2D eigenvalue weighted by atomic mass is 9.96. The van der Waals surface area contributed by atoms with E-state index in [1.807, 2.05) is 0 Å². The van der Waals surface area contributed by atoms with Crippen LogP contribution >= 0.6 is 11.3 Å². The van der Waals surface area contributed by atoms with Gasteiger partial charge in [-0.1, -0.05) is 139 Å². The summed E-state index contributed by atoms with van der Waals surface area (Å²) in [6.45, 7) is 0. The predicted molar refractivity (Wildman–Crippen MR) is 244 cm³/mol. The van der Waals surface area contributed by atoms with E-state index in [1.165, 1.54) is 24.3 Å². The Morgan fingerprint density at radius 3 is 2.09 bits per heavy atom. The molecule has 3 aromatic heterocycles. The molecule has 3 heterocycles. The Morgan fingerprint density at radius 2 is 1.16 bits per heavy atom. The van der Waals surface area contributed by atoms with Gasteiger partial charge in [0.2, 0.25) is 0 Å². The van der Waals surface area contributed by atoms with Crippen LogP contribution in [0.4, 0.5) is 0 Å². The maximum Gasteiger partial charge on any atom is 0.180 e. The Bertz CT molecular complexity index is 5110. The van der Waals surface area contributed by atoms with Gasteiger partial charge in [-0.2, -0.15) is 0 Å². The largest absolute Gasteiger partial charge is 0.452 e. The third kappa shape index (κ3) is 5.42. The first kappa shape index (κ1) is 16.2. The molecule has 0 saturated heterocycles. The highest BCUT2D eigenvalue weighted by Crippen LogP contribution is 2.42. The molecule has 0 fully saturated rings. The summed E-state index contributed by atoms with van der Waals surface area (Å²) < 4.78 is 238. The second kappa shape index (κ2) is 13.1. The molecule has 58 heavy (non-hydrogen) atoms. The van der Waals surface area contributed by atoms with Crippen LogP contribution in [0.15, 0.2) is 198 Å². The van der Waals surface area contributed by atoms with Gasteiger partial charge in [0, 0.05) is 31.1 Å². The molecular weight excluding hydrogens is 725 g/mol. The summed E-state index contributed by atoms with van der Waals surface area (Å²) >= 11 is 0.753. The normalized spacial score (nSPS) is 18.1. The van der Waals surface area contributed by atoms with Crippen LogP contribution in [0.3, 0.4) is 0 Å². The maximum absolute atomic E-state index is 9.65. The van der Waals surface area contributed by atoms with E-state index < -0.39 is 201 Å². The van der Waals surface area contributed by atoms with Crippen LogP contribution in [0.5, 0.6) is 0 Å². The van der Waals surface area contributed by atoms with Crippen molar-refractivity contribution in [3.8, 4) is 55.8 Å². The number of furan rings is 1. The van der Waals surface area contributed by atoms with Crippen molar-refractivity contribution in [1.82, 2.24) is 9.97 Å². The molecule has 12 rings (SSSR count). The van der Waals surface area contributed by atoms with E-state index in [9.17, 15) is 8.22 Å². The molecule has 3 nitrogen and oxygen atoms in total. The van der Waals surface area contributed by atoms with E-state index in [1.54, 1.807) is 0 Å². The van der Waals surface area contributed by atoms with Crippen LogP contribution in [0, 0.1) is 0 Å². The van der Waals surface area contributed by atoms with Crippen LogP contribution in [-0.4, -0.2) is 9.97 Å². The van der Waals surface area contributed by atoms with E-state index in [-0.39, 0.29) is 75.4 Å². The van der Waals surface area contributed by atoms with Gasteiger partial charge < -0.3 is 4.42 Å². The summed E-state index contributed by atoms with van der Waals surface area (Å²) in [5.41, 5.74) is -3.20. The Balaban J connectivity index is 1.02. The topological polar surface area (TPSA) is 38.9 Å². The lowest BCUT2D eigenvalue weighted by Gasteiger charge is -2.09. The van der Waals surface area contributed by atoms with Crippen LogP contribution < -0.4 is 0 Å². The van der Waals surface area contributed by atoms with Crippen molar-refractivity contribution in [1.29, 1.82) is 0 Å².